The molecule has 4 nitrogen and oxygen atoms in total. The second-order valence-corrected chi connectivity index (χ2v) is 4.97. The van der Waals surface area contributed by atoms with Crippen molar-refractivity contribution < 1.29 is 13.2 Å². The van der Waals surface area contributed by atoms with Crippen molar-refractivity contribution in [1.29, 1.82) is 0 Å². The van der Waals surface area contributed by atoms with Crippen LogP contribution in [-0.2, 0) is 6.18 Å². The third-order valence-electron chi connectivity index (χ3n) is 3.39. The molecule has 0 radical (unpaired) electrons. The van der Waals surface area contributed by atoms with Gasteiger partial charge < -0.3 is 5.32 Å². The van der Waals surface area contributed by atoms with Gasteiger partial charge in [0.25, 0.3) is 0 Å². The number of hydrogen-bond acceptors (Lipinski definition) is 4. The number of alkyl halides is 3. The molecule has 8 heteroatoms. The van der Waals surface area contributed by atoms with Crippen LogP contribution < -0.4 is 5.32 Å². The van der Waals surface area contributed by atoms with Crippen LogP contribution in [0.5, 0.6) is 0 Å². The summed E-state index contributed by atoms with van der Waals surface area (Å²) in [6.07, 6.45) is 1.73. The van der Waals surface area contributed by atoms with Crippen LogP contribution in [0.1, 0.15) is 30.3 Å². The molecule has 22 heavy (non-hydrogen) atoms. The predicted molar refractivity (Wildman–Crippen MR) is 79.0 cm³/mol. The molecule has 2 aromatic rings. The smallest absolute Gasteiger partial charge is 0.387 e. The van der Waals surface area contributed by atoms with Gasteiger partial charge in [-0.05, 0) is 18.9 Å². The van der Waals surface area contributed by atoms with Crippen LogP contribution in [0.3, 0.4) is 0 Å². The molecule has 0 saturated heterocycles. The molecule has 1 fully saturated rings. The van der Waals surface area contributed by atoms with Gasteiger partial charge in [-0.25, -0.2) is 9.97 Å². The zero-order valence-corrected chi connectivity index (χ0v) is 12.5. The topological polar surface area (TPSA) is 50.7 Å². The lowest BCUT2D eigenvalue weighted by Gasteiger charge is -2.10. The first kappa shape index (κ1) is 16.5. The van der Waals surface area contributed by atoms with Crippen molar-refractivity contribution in [2.24, 2.45) is 0 Å². The van der Waals surface area contributed by atoms with E-state index < -0.39 is 12.0 Å². The molecule has 0 aliphatic heterocycles. The highest BCUT2D eigenvalue weighted by Gasteiger charge is 2.34. The van der Waals surface area contributed by atoms with Crippen molar-refractivity contribution in [2.75, 3.05) is 12.4 Å². The van der Waals surface area contributed by atoms with Gasteiger partial charge in [-0.3, -0.25) is 4.98 Å². The Kier molecular flexibility index (Phi) is 4.55. The van der Waals surface area contributed by atoms with E-state index in [2.05, 4.69) is 20.3 Å². The Morgan fingerprint density at radius 2 is 1.64 bits per heavy atom. The highest BCUT2D eigenvalue weighted by Crippen LogP contribution is 2.42. The van der Waals surface area contributed by atoms with E-state index in [-0.39, 0.29) is 12.4 Å². The number of rotatable bonds is 3. The summed E-state index contributed by atoms with van der Waals surface area (Å²) in [4.78, 5) is 11.2. The molecule has 0 bridgehead atoms. The quantitative estimate of drug-likeness (QED) is 0.927. The summed E-state index contributed by atoms with van der Waals surface area (Å²) in [6.45, 7) is 0. The minimum Gasteiger partial charge on any atom is -0.387 e. The van der Waals surface area contributed by atoms with Crippen LogP contribution in [0, 0.1) is 0 Å². The number of anilines is 1. The molecule has 2 heterocycles. The molecule has 118 valence electrons. The lowest BCUT2D eigenvalue weighted by Crippen LogP contribution is -2.10. The van der Waals surface area contributed by atoms with E-state index in [1.165, 1.54) is 12.4 Å². The van der Waals surface area contributed by atoms with Crippen molar-refractivity contribution in [3.8, 4) is 11.1 Å². The highest BCUT2D eigenvalue weighted by atomic mass is 35.5. The summed E-state index contributed by atoms with van der Waals surface area (Å²) in [5.41, 5.74) is 3.11. The molecular formula is C14H14ClF3N4. The first-order chi connectivity index (χ1) is 9.99. The molecule has 1 aliphatic rings. The summed E-state index contributed by atoms with van der Waals surface area (Å²) >= 11 is 0. The fourth-order valence-corrected chi connectivity index (χ4v) is 2.14. The number of nitrogens with zero attached hydrogens (tertiary/aromatic N) is 3. The Bertz CT molecular complexity index is 654. The van der Waals surface area contributed by atoms with Crippen LogP contribution in [0.15, 0.2) is 24.7 Å². The second kappa shape index (κ2) is 6.08. The van der Waals surface area contributed by atoms with Crippen LogP contribution in [-0.4, -0.2) is 22.0 Å². The zero-order chi connectivity index (χ0) is 15.0. The molecule has 3 rings (SSSR count). The van der Waals surface area contributed by atoms with Gasteiger partial charge >= 0.3 is 6.18 Å². The van der Waals surface area contributed by atoms with Gasteiger partial charge in [-0.1, -0.05) is 0 Å². The van der Waals surface area contributed by atoms with E-state index in [9.17, 15) is 13.2 Å². The van der Waals surface area contributed by atoms with Gasteiger partial charge in [0.15, 0.2) is 0 Å². The fraction of sp³-hybridized carbons (Fsp3) is 0.357. The van der Waals surface area contributed by atoms with Crippen molar-refractivity contribution in [1.82, 2.24) is 15.0 Å². The van der Waals surface area contributed by atoms with Crippen molar-refractivity contribution >= 4 is 18.1 Å². The molecule has 2 aromatic heterocycles. The number of hydrogen-bond donors (Lipinski definition) is 1. The first-order valence-corrected chi connectivity index (χ1v) is 6.56. The van der Waals surface area contributed by atoms with Gasteiger partial charge in [0.2, 0.25) is 5.82 Å². The van der Waals surface area contributed by atoms with E-state index in [1.54, 1.807) is 13.2 Å². The van der Waals surface area contributed by atoms with Gasteiger partial charge in [-0.2, -0.15) is 13.2 Å². The summed E-state index contributed by atoms with van der Waals surface area (Å²) < 4.78 is 37.3. The molecule has 1 aliphatic carbocycles. The number of aromatic nitrogens is 3. The normalized spacial score (nSPS) is 14.4. The molecule has 0 amide bonds. The number of nitrogens with one attached hydrogen (secondary N) is 1. The maximum absolute atomic E-state index is 12.4. The fourth-order valence-electron chi connectivity index (χ4n) is 2.14. The minimum atomic E-state index is -4.53. The molecular weight excluding hydrogens is 317 g/mol. The molecule has 1 N–H and O–H groups in total. The van der Waals surface area contributed by atoms with Crippen molar-refractivity contribution in [3.05, 3.63) is 36.2 Å². The summed E-state index contributed by atoms with van der Waals surface area (Å²) in [7, 11) is 1.80. The van der Waals surface area contributed by atoms with Crippen LogP contribution in [0.2, 0.25) is 0 Å². The molecule has 0 unspecified atom stereocenters. The Morgan fingerprint density at radius 3 is 2.14 bits per heavy atom. The van der Waals surface area contributed by atoms with Gasteiger partial charge in [0, 0.05) is 42.7 Å². The number of halogens is 4. The first-order valence-electron chi connectivity index (χ1n) is 6.56. The average molecular weight is 331 g/mol. The minimum absolute atomic E-state index is 0. The highest BCUT2D eigenvalue weighted by molar-refractivity contribution is 5.85. The van der Waals surface area contributed by atoms with Crippen LogP contribution >= 0.6 is 12.4 Å². The average Bonchev–Trinajstić information content (AvgIpc) is 3.30. The third kappa shape index (κ3) is 3.30. The van der Waals surface area contributed by atoms with Crippen LogP contribution in [0.4, 0.5) is 18.9 Å². The summed E-state index contributed by atoms with van der Waals surface area (Å²) in [6, 6.07) is 1.87. The predicted octanol–water partition coefficient (Wildman–Crippen LogP) is 3.90. The van der Waals surface area contributed by atoms with Gasteiger partial charge in [0.05, 0.1) is 11.4 Å². The zero-order valence-electron chi connectivity index (χ0n) is 11.7. The molecule has 0 atom stereocenters. The Morgan fingerprint density at radius 1 is 1.05 bits per heavy atom. The summed E-state index contributed by atoms with van der Waals surface area (Å²) in [5.74, 6) is -0.645. The van der Waals surface area contributed by atoms with Crippen molar-refractivity contribution in [2.45, 2.75) is 24.9 Å². The van der Waals surface area contributed by atoms with Gasteiger partial charge in [-0.15, -0.1) is 12.4 Å². The lowest BCUT2D eigenvalue weighted by atomic mass is 10.1. The molecule has 0 spiro atoms. The maximum Gasteiger partial charge on any atom is 0.451 e. The monoisotopic (exact) mass is 330 g/mol. The second-order valence-electron chi connectivity index (χ2n) is 4.97. The Labute approximate surface area is 131 Å². The molecule has 0 aromatic carbocycles. The Balaban J connectivity index is 0.00000176. The van der Waals surface area contributed by atoms with E-state index in [1.807, 2.05) is 6.07 Å². The largest absolute Gasteiger partial charge is 0.451 e. The Hall–Kier alpha value is -1.89. The summed E-state index contributed by atoms with van der Waals surface area (Å²) in [5, 5.41) is 3.08. The van der Waals surface area contributed by atoms with Gasteiger partial charge in [0.1, 0.15) is 0 Å². The number of pyridine rings is 1. The van der Waals surface area contributed by atoms with E-state index in [0.717, 1.165) is 24.2 Å². The molecule has 1 saturated carbocycles. The van der Waals surface area contributed by atoms with E-state index in [0.29, 0.717) is 17.0 Å². The van der Waals surface area contributed by atoms with E-state index in [4.69, 9.17) is 0 Å². The van der Waals surface area contributed by atoms with E-state index >= 15 is 0 Å². The lowest BCUT2D eigenvalue weighted by molar-refractivity contribution is -0.144. The maximum atomic E-state index is 12.4. The third-order valence-corrected chi connectivity index (χ3v) is 3.39. The SMILES string of the molecule is CNc1cc(-c2cnc(C(F)(F)F)nc2)cnc1C1CC1.Cl. The van der Waals surface area contributed by atoms with Crippen LogP contribution in [0.25, 0.3) is 11.1 Å². The van der Waals surface area contributed by atoms with Crippen molar-refractivity contribution in [3.63, 3.8) is 0 Å². The standard InChI is InChI=1S/C14H13F3N4.ClH/c1-18-11-4-9(5-19-12(11)8-2-3-8)10-6-20-13(21-7-10)14(15,16)17;/h4-8,18H,2-3H2,1H3;1H.